The predicted molar refractivity (Wildman–Crippen MR) is 82.4 cm³/mol. The molecule has 0 spiro atoms. The fourth-order valence-electron chi connectivity index (χ4n) is 2.52. The standard InChI is InChI=1S/C17H23N3/c1-4-16(15-9-7-6-8-10-15)20(3)13-14-11-18-17(5-2)19-12-14/h6-12,16H,4-5,13H2,1-3H3/t16-/m0/s1. The molecule has 2 rings (SSSR count). The molecule has 0 bridgehead atoms. The molecule has 3 heteroatoms. The van der Waals surface area contributed by atoms with E-state index in [-0.39, 0.29) is 0 Å². The van der Waals surface area contributed by atoms with Crippen molar-refractivity contribution in [2.24, 2.45) is 0 Å². The number of rotatable bonds is 6. The van der Waals surface area contributed by atoms with Gasteiger partial charge in [-0.1, -0.05) is 44.2 Å². The molecule has 1 atom stereocenters. The van der Waals surface area contributed by atoms with Crippen LogP contribution >= 0.6 is 0 Å². The maximum Gasteiger partial charge on any atom is 0.127 e. The molecule has 1 aromatic heterocycles. The molecule has 1 aromatic carbocycles. The van der Waals surface area contributed by atoms with Crippen molar-refractivity contribution < 1.29 is 0 Å². The second kappa shape index (κ2) is 7.15. The third-order valence-electron chi connectivity index (χ3n) is 3.61. The van der Waals surface area contributed by atoms with E-state index in [4.69, 9.17) is 0 Å². The Morgan fingerprint density at radius 2 is 1.70 bits per heavy atom. The molecule has 0 unspecified atom stereocenters. The van der Waals surface area contributed by atoms with Crippen LogP contribution in [0.2, 0.25) is 0 Å². The van der Waals surface area contributed by atoms with Gasteiger partial charge in [0.2, 0.25) is 0 Å². The summed E-state index contributed by atoms with van der Waals surface area (Å²) in [5.74, 6) is 0.909. The Morgan fingerprint density at radius 3 is 2.25 bits per heavy atom. The molecule has 0 saturated heterocycles. The molecule has 0 aliphatic heterocycles. The molecule has 0 aliphatic carbocycles. The second-order valence-electron chi connectivity index (χ2n) is 5.11. The molecule has 1 heterocycles. The van der Waals surface area contributed by atoms with Crippen LogP contribution in [0.25, 0.3) is 0 Å². The van der Waals surface area contributed by atoms with Gasteiger partial charge in [0.05, 0.1) is 0 Å². The number of aryl methyl sites for hydroxylation is 1. The minimum atomic E-state index is 0.432. The minimum absolute atomic E-state index is 0.432. The highest BCUT2D eigenvalue weighted by atomic mass is 15.1. The van der Waals surface area contributed by atoms with Crippen molar-refractivity contribution in [1.82, 2.24) is 14.9 Å². The molecule has 20 heavy (non-hydrogen) atoms. The first-order chi connectivity index (χ1) is 9.74. The Hall–Kier alpha value is -1.74. The SMILES string of the molecule is CCc1ncc(CN(C)[C@@H](CC)c2ccccc2)cn1. The summed E-state index contributed by atoms with van der Waals surface area (Å²) in [6, 6.07) is 11.1. The summed E-state index contributed by atoms with van der Waals surface area (Å²) >= 11 is 0. The molecular weight excluding hydrogens is 246 g/mol. The quantitative estimate of drug-likeness (QED) is 0.802. The summed E-state index contributed by atoms with van der Waals surface area (Å²) in [6.45, 7) is 5.17. The van der Waals surface area contributed by atoms with E-state index in [2.05, 4.69) is 66.1 Å². The minimum Gasteiger partial charge on any atom is -0.295 e. The van der Waals surface area contributed by atoms with Crippen molar-refractivity contribution in [2.75, 3.05) is 7.05 Å². The summed E-state index contributed by atoms with van der Waals surface area (Å²) < 4.78 is 0. The van der Waals surface area contributed by atoms with Gasteiger partial charge < -0.3 is 0 Å². The van der Waals surface area contributed by atoms with Gasteiger partial charge in [-0.15, -0.1) is 0 Å². The van der Waals surface area contributed by atoms with E-state index in [1.54, 1.807) is 0 Å². The van der Waals surface area contributed by atoms with E-state index in [0.717, 1.165) is 25.2 Å². The lowest BCUT2D eigenvalue weighted by molar-refractivity contribution is 0.230. The lowest BCUT2D eigenvalue weighted by atomic mass is 10.0. The van der Waals surface area contributed by atoms with Gasteiger partial charge in [-0.25, -0.2) is 9.97 Å². The van der Waals surface area contributed by atoms with Gasteiger partial charge in [-0.3, -0.25) is 4.90 Å². The molecule has 0 radical (unpaired) electrons. The number of nitrogens with zero attached hydrogens (tertiary/aromatic N) is 3. The molecule has 0 saturated carbocycles. The highest BCUT2D eigenvalue weighted by Crippen LogP contribution is 2.23. The molecule has 0 fully saturated rings. The monoisotopic (exact) mass is 269 g/mol. The second-order valence-corrected chi connectivity index (χ2v) is 5.11. The fraction of sp³-hybridized carbons (Fsp3) is 0.412. The van der Waals surface area contributed by atoms with E-state index in [1.165, 1.54) is 11.1 Å². The van der Waals surface area contributed by atoms with Gasteiger partial charge in [-0.2, -0.15) is 0 Å². The van der Waals surface area contributed by atoms with Gasteiger partial charge in [-0.05, 0) is 19.0 Å². The van der Waals surface area contributed by atoms with Gasteiger partial charge in [0.15, 0.2) is 0 Å². The Labute approximate surface area is 121 Å². The van der Waals surface area contributed by atoms with Crippen LogP contribution in [-0.2, 0) is 13.0 Å². The predicted octanol–water partition coefficient (Wildman–Crippen LogP) is 3.62. The van der Waals surface area contributed by atoms with Crippen LogP contribution in [0.1, 0.15) is 43.3 Å². The van der Waals surface area contributed by atoms with Gasteiger partial charge in [0.25, 0.3) is 0 Å². The first-order valence-corrected chi connectivity index (χ1v) is 7.29. The van der Waals surface area contributed by atoms with Crippen molar-refractivity contribution in [2.45, 2.75) is 39.3 Å². The Kier molecular flexibility index (Phi) is 5.24. The summed E-state index contributed by atoms with van der Waals surface area (Å²) in [7, 11) is 2.16. The van der Waals surface area contributed by atoms with Crippen molar-refractivity contribution in [1.29, 1.82) is 0 Å². The van der Waals surface area contributed by atoms with E-state index < -0.39 is 0 Å². The number of benzene rings is 1. The largest absolute Gasteiger partial charge is 0.295 e. The van der Waals surface area contributed by atoms with Crippen molar-refractivity contribution >= 4 is 0 Å². The van der Waals surface area contributed by atoms with Gasteiger partial charge in [0.1, 0.15) is 5.82 Å². The lowest BCUT2D eigenvalue weighted by Crippen LogP contribution is -2.24. The van der Waals surface area contributed by atoms with Gasteiger partial charge >= 0.3 is 0 Å². The summed E-state index contributed by atoms with van der Waals surface area (Å²) in [5, 5.41) is 0. The molecule has 0 N–H and O–H groups in total. The Balaban J connectivity index is 2.07. The topological polar surface area (TPSA) is 29.0 Å². The molecule has 3 nitrogen and oxygen atoms in total. The fourth-order valence-corrected chi connectivity index (χ4v) is 2.52. The third-order valence-corrected chi connectivity index (χ3v) is 3.61. The van der Waals surface area contributed by atoms with E-state index >= 15 is 0 Å². The van der Waals surface area contributed by atoms with E-state index in [0.29, 0.717) is 6.04 Å². The van der Waals surface area contributed by atoms with E-state index in [1.807, 2.05) is 12.4 Å². The zero-order valence-corrected chi connectivity index (χ0v) is 12.6. The zero-order valence-electron chi connectivity index (χ0n) is 12.6. The zero-order chi connectivity index (χ0) is 14.4. The molecule has 2 aromatic rings. The normalized spacial score (nSPS) is 12.6. The van der Waals surface area contributed by atoms with Crippen LogP contribution in [-0.4, -0.2) is 21.9 Å². The third kappa shape index (κ3) is 3.64. The smallest absolute Gasteiger partial charge is 0.127 e. The average Bonchev–Trinajstić information content (AvgIpc) is 2.50. The number of hydrogen-bond acceptors (Lipinski definition) is 3. The average molecular weight is 269 g/mol. The van der Waals surface area contributed by atoms with Crippen LogP contribution < -0.4 is 0 Å². The van der Waals surface area contributed by atoms with Crippen LogP contribution in [0.3, 0.4) is 0 Å². The maximum absolute atomic E-state index is 4.37. The summed E-state index contributed by atoms with van der Waals surface area (Å²) in [4.78, 5) is 11.1. The Morgan fingerprint density at radius 1 is 1.05 bits per heavy atom. The van der Waals surface area contributed by atoms with Crippen LogP contribution in [0.4, 0.5) is 0 Å². The highest BCUT2D eigenvalue weighted by Gasteiger charge is 2.15. The molecule has 0 amide bonds. The van der Waals surface area contributed by atoms with Crippen LogP contribution in [0.5, 0.6) is 0 Å². The lowest BCUT2D eigenvalue weighted by Gasteiger charge is -2.27. The molecule has 0 aliphatic rings. The number of aromatic nitrogens is 2. The molecule has 106 valence electrons. The number of hydrogen-bond donors (Lipinski definition) is 0. The summed E-state index contributed by atoms with van der Waals surface area (Å²) in [5.41, 5.74) is 2.53. The first-order valence-electron chi connectivity index (χ1n) is 7.29. The highest BCUT2D eigenvalue weighted by molar-refractivity contribution is 5.19. The van der Waals surface area contributed by atoms with Crippen molar-refractivity contribution in [3.63, 3.8) is 0 Å². The Bertz CT molecular complexity index is 508. The van der Waals surface area contributed by atoms with Crippen molar-refractivity contribution in [3.05, 3.63) is 59.7 Å². The molecular formula is C17H23N3. The maximum atomic E-state index is 4.37. The van der Waals surface area contributed by atoms with Crippen molar-refractivity contribution in [3.8, 4) is 0 Å². The van der Waals surface area contributed by atoms with Gasteiger partial charge in [0, 0.05) is 37.0 Å². The van der Waals surface area contributed by atoms with Crippen LogP contribution in [0.15, 0.2) is 42.7 Å². The van der Waals surface area contributed by atoms with Crippen LogP contribution in [0, 0.1) is 0 Å². The summed E-state index contributed by atoms with van der Waals surface area (Å²) in [6.07, 6.45) is 5.87. The van der Waals surface area contributed by atoms with E-state index in [9.17, 15) is 0 Å². The first kappa shape index (κ1) is 14.7.